The first-order chi connectivity index (χ1) is 7.45. The highest BCUT2D eigenvalue weighted by Crippen LogP contribution is 2.32. The van der Waals surface area contributed by atoms with Gasteiger partial charge in [0.15, 0.2) is 5.75 Å². The first-order valence-electron chi connectivity index (χ1n) is 4.59. The summed E-state index contributed by atoms with van der Waals surface area (Å²) >= 11 is 3.20. The smallest absolute Gasteiger partial charge is 0.248 e. The lowest BCUT2D eigenvalue weighted by molar-refractivity contribution is 0.395. The summed E-state index contributed by atoms with van der Waals surface area (Å²) in [6.07, 6.45) is 2.77. The zero-order chi connectivity index (χ0) is 12.3. The highest BCUT2D eigenvalue weighted by molar-refractivity contribution is 9.10. The van der Waals surface area contributed by atoms with Gasteiger partial charge in [0.1, 0.15) is 4.90 Å². The Hall–Kier alpha value is -0.660. The summed E-state index contributed by atoms with van der Waals surface area (Å²) in [4.78, 5) is 3.91. The molecule has 0 aliphatic heterocycles. The van der Waals surface area contributed by atoms with Crippen molar-refractivity contribution in [1.82, 2.24) is 9.29 Å². The number of sulfonamides is 1. The van der Waals surface area contributed by atoms with Gasteiger partial charge in [-0.15, -0.1) is 0 Å². The predicted octanol–water partition coefficient (Wildman–Crippen LogP) is 1.49. The van der Waals surface area contributed by atoms with Crippen LogP contribution in [0.4, 0.5) is 0 Å². The highest BCUT2D eigenvalue weighted by Gasteiger charge is 2.25. The van der Waals surface area contributed by atoms with Gasteiger partial charge in [0.2, 0.25) is 10.0 Å². The molecule has 0 atom stereocenters. The van der Waals surface area contributed by atoms with Crippen molar-refractivity contribution in [3.8, 4) is 5.75 Å². The van der Waals surface area contributed by atoms with Gasteiger partial charge in [-0.2, -0.15) is 0 Å². The number of hydrogen-bond donors (Lipinski definition) is 0. The maximum absolute atomic E-state index is 12.1. The van der Waals surface area contributed by atoms with E-state index in [2.05, 4.69) is 20.9 Å². The Morgan fingerprint density at radius 2 is 2.12 bits per heavy atom. The molecule has 1 aromatic heterocycles. The molecule has 1 rings (SSSR count). The third kappa shape index (κ3) is 2.36. The van der Waals surface area contributed by atoms with Gasteiger partial charge in [-0.05, 0) is 15.9 Å². The molecule has 0 radical (unpaired) electrons. The predicted molar refractivity (Wildman–Crippen MR) is 64.0 cm³/mol. The standard InChI is InChI=1S/C9H13BrN2O3S/c1-4-12(2)16(13,14)8-6-11-5-7(10)9(8)15-3/h5-6H,4H2,1-3H3. The minimum atomic E-state index is -3.54. The molecule has 0 aliphatic rings. The normalized spacial score (nSPS) is 11.8. The Bertz CT molecular complexity index is 476. The maximum atomic E-state index is 12.1. The summed E-state index contributed by atoms with van der Waals surface area (Å²) in [5.74, 6) is 0.273. The summed E-state index contributed by atoms with van der Waals surface area (Å²) in [6, 6.07) is 0. The molecule has 5 nitrogen and oxygen atoms in total. The van der Waals surface area contributed by atoms with E-state index in [-0.39, 0.29) is 10.6 Å². The van der Waals surface area contributed by atoms with E-state index in [0.717, 1.165) is 0 Å². The molecule has 0 spiro atoms. The molecule has 0 amide bonds. The van der Waals surface area contributed by atoms with Gasteiger partial charge < -0.3 is 4.74 Å². The topological polar surface area (TPSA) is 59.5 Å². The van der Waals surface area contributed by atoms with Crippen LogP contribution in [0.1, 0.15) is 6.92 Å². The number of aromatic nitrogens is 1. The molecule has 7 heteroatoms. The van der Waals surface area contributed by atoms with Crippen molar-refractivity contribution in [2.45, 2.75) is 11.8 Å². The fraction of sp³-hybridized carbons (Fsp3) is 0.444. The first-order valence-corrected chi connectivity index (χ1v) is 6.82. The molecular formula is C9H13BrN2O3S. The second-order valence-corrected chi connectivity index (χ2v) is 5.94. The molecule has 0 unspecified atom stereocenters. The molecule has 0 saturated carbocycles. The van der Waals surface area contributed by atoms with Crippen molar-refractivity contribution in [2.75, 3.05) is 20.7 Å². The van der Waals surface area contributed by atoms with Crippen LogP contribution in [-0.4, -0.2) is 38.4 Å². The number of pyridine rings is 1. The number of methoxy groups -OCH3 is 1. The molecule has 0 bridgehead atoms. The number of halogens is 1. The molecule has 0 N–H and O–H groups in total. The Morgan fingerprint density at radius 1 is 1.50 bits per heavy atom. The number of hydrogen-bond acceptors (Lipinski definition) is 4. The Morgan fingerprint density at radius 3 is 2.62 bits per heavy atom. The Kier molecular flexibility index (Phi) is 4.28. The van der Waals surface area contributed by atoms with Crippen LogP contribution < -0.4 is 4.74 Å². The fourth-order valence-electron chi connectivity index (χ4n) is 1.13. The van der Waals surface area contributed by atoms with E-state index < -0.39 is 10.0 Å². The SMILES string of the molecule is CCN(C)S(=O)(=O)c1cncc(Br)c1OC. The van der Waals surface area contributed by atoms with Gasteiger partial charge in [0.05, 0.1) is 17.8 Å². The lowest BCUT2D eigenvalue weighted by Crippen LogP contribution is -2.27. The van der Waals surface area contributed by atoms with Crippen molar-refractivity contribution in [1.29, 1.82) is 0 Å². The van der Waals surface area contributed by atoms with Gasteiger partial charge in [-0.1, -0.05) is 6.92 Å². The van der Waals surface area contributed by atoms with E-state index in [1.54, 1.807) is 6.92 Å². The minimum absolute atomic E-state index is 0.0636. The average molecular weight is 309 g/mol. The van der Waals surface area contributed by atoms with Crippen molar-refractivity contribution < 1.29 is 13.2 Å². The third-order valence-electron chi connectivity index (χ3n) is 2.16. The van der Waals surface area contributed by atoms with E-state index in [9.17, 15) is 8.42 Å². The molecule has 0 aromatic carbocycles. The molecule has 1 heterocycles. The van der Waals surface area contributed by atoms with Crippen molar-refractivity contribution in [3.05, 3.63) is 16.9 Å². The summed E-state index contributed by atoms with van der Waals surface area (Å²) < 4.78 is 31.0. The molecular weight excluding hydrogens is 296 g/mol. The average Bonchev–Trinajstić information content (AvgIpc) is 2.27. The highest BCUT2D eigenvalue weighted by atomic mass is 79.9. The van der Waals surface area contributed by atoms with E-state index >= 15 is 0 Å². The van der Waals surface area contributed by atoms with Gasteiger partial charge in [-0.3, -0.25) is 4.98 Å². The van der Waals surface area contributed by atoms with E-state index in [4.69, 9.17) is 4.74 Å². The second kappa shape index (κ2) is 5.11. The van der Waals surface area contributed by atoms with Crippen molar-refractivity contribution >= 4 is 26.0 Å². The summed E-state index contributed by atoms with van der Waals surface area (Å²) in [5, 5.41) is 0. The zero-order valence-electron chi connectivity index (χ0n) is 9.27. The third-order valence-corrected chi connectivity index (χ3v) is 4.65. The second-order valence-electron chi connectivity index (χ2n) is 3.07. The number of nitrogens with zero attached hydrogens (tertiary/aromatic N) is 2. The van der Waals surface area contributed by atoms with E-state index in [1.807, 2.05) is 0 Å². The fourth-order valence-corrected chi connectivity index (χ4v) is 3.05. The van der Waals surface area contributed by atoms with Gasteiger partial charge >= 0.3 is 0 Å². The van der Waals surface area contributed by atoms with Gasteiger partial charge in [0, 0.05) is 19.8 Å². The quantitative estimate of drug-likeness (QED) is 0.845. The van der Waals surface area contributed by atoms with Gasteiger partial charge in [0.25, 0.3) is 0 Å². The number of rotatable bonds is 4. The van der Waals surface area contributed by atoms with Crippen LogP contribution in [0.3, 0.4) is 0 Å². The molecule has 16 heavy (non-hydrogen) atoms. The van der Waals surface area contributed by atoms with Crippen LogP contribution >= 0.6 is 15.9 Å². The Labute approximate surface area is 104 Å². The monoisotopic (exact) mass is 308 g/mol. The van der Waals surface area contributed by atoms with E-state index in [1.165, 1.54) is 30.9 Å². The molecule has 90 valence electrons. The largest absolute Gasteiger partial charge is 0.494 e. The summed E-state index contributed by atoms with van der Waals surface area (Å²) in [6.45, 7) is 2.15. The Balaban J connectivity index is 3.39. The van der Waals surface area contributed by atoms with E-state index in [0.29, 0.717) is 11.0 Å². The lowest BCUT2D eigenvalue weighted by Gasteiger charge is -2.17. The van der Waals surface area contributed by atoms with Crippen LogP contribution in [0.5, 0.6) is 5.75 Å². The van der Waals surface area contributed by atoms with Gasteiger partial charge in [-0.25, -0.2) is 12.7 Å². The van der Waals surface area contributed by atoms with Crippen molar-refractivity contribution in [3.63, 3.8) is 0 Å². The van der Waals surface area contributed by atoms with Crippen molar-refractivity contribution in [2.24, 2.45) is 0 Å². The molecule has 0 saturated heterocycles. The maximum Gasteiger partial charge on any atom is 0.248 e. The summed E-state index contributed by atoms with van der Waals surface area (Å²) in [7, 11) is -0.607. The van der Waals surface area contributed by atoms with Crippen LogP contribution in [0, 0.1) is 0 Å². The molecule has 1 aromatic rings. The van der Waals surface area contributed by atoms with Crippen LogP contribution in [0.15, 0.2) is 21.8 Å². The number of ether oxygens (including phenoxy) is 1. The molecule has 0 aliphatic carbocycles. The first kappa shape index (κ1) is 13.4. The molecule has 0 fully saturated rings. The zero-order valence-corrected chi connectivity index (χ0v) is 11.7. The summed E-state index contributed by atoms with van der Waals surface area (Å²) in [5.41, 5.74) is 0. The lowest BCUT2D eigenvalue weighted by atomic mass is 10.4. The van der Waals surface area contributed by atoms with Crippen LogP contribution in [0.25, 0.3) is 0 Å². The van der Waals surface area contributed by atoms with Crippen LogP contribution in [0.2, 0.25) is 0 Å². The minimum Gasteiger partial charge on any atom is -0.494 e. The van der Waals surface area contributed by atoms with Crippen LogP contribution in [-0.2, 0) is 10.0 Å².